The topological polar surface area (TPSA) is 80.7 Å². The van der Waals surface area contributed by atoms with Crippen LogP contribution < -0.4 is 5.32 Å². The Bertz CT molecular complexity index is 1300. The molecule has 0 atom stereocenters. The highest BCUT2D eigenvalue weighted by Crippen LogP contribution is 2.33. The van der Waals surface area contributed by atoms with E-state index in [9.17, 15) is 4.79 Å². The van der Waals surface area contributed by atoms with E-state index in [1.165, 1.54) is 11.3 Å². The van der Waals surface area contributed by atoms with Crippen LogP contribution in [0.25, 0.3) is 21.5 Å². The first-order valence-corrected chi connectivity index (χ1v) is 10.9. The number of nitrogens with zero attached hydrogens (tertiary/aromatic N) is 4. The standard InChI is InChI=1S/C24H25N5OS/c1-13-19-14(2)26-23(24(4,5)6)29-22(19)31-20(13)21(30)28-17-9-7-8-16(12-17)18-10-11-25-15(3)27-18/h7-12H,1-6H3,(H,28,30). The molecule has 4 aromatic rings. The maximum absolute atomic E-state index is 13.1. The summed E-state index contributed by atoms with van der Waals surface area (Å²) in [7, 11) is 0. The van der Waals surface area contributed by atoms with Crippen LogP contribution in [0.3, 0.4) is 0 Å². The van der Waals surface area contributed by atoms with E-state index in [0.29, 0.717) is 16.4 Å². The quantitative estimate of drug-likeness (QED) is 0.455. The molecule has 0 unspecified atom stereocenters. The third-order valence-electron chi connectivity index (χ3n) is 5.04. The second kappa shape index (κ2) is 7.81. The fourth-order valence-corrected chi connectivity index (χ4v) is 4.58. The van der Waals surface area contributed by atoms with Gasteiger partial charge in [0.15, 0.2) is 0 Å². The van der Waals surface area contributed by atoms with Crippen molar-refractivity contribution in [3.8, 4) is 11.3 Å². The molecule has 0 aliphatic rings. The van der Waals surface area contributed by atoms with E-state index >= 15 is 0 Å². The lowest BCUT2D eigenvalue weighted by molar-refractivity contribution is 0.103. The predicted octanol–water partition coefficient (Wildman–Crippen LogP) is 5.62. The number of fused-ring (bicyclic) bond motifs is 1. The molecule has 0 aliphatic heterocycles. The van der Waals surface area contributed by atoms with Crippen LogP contribution in [-0.2, 0) is 5.41 Å². The molecule has 0 saturated carbocycles. The number of amides is 1. The lowest BCUT2D eigenvalue weighted by Gasteiger charge is -2.16. The highest BCUT2D eigenvalue weighted by Gasteiger charge is 2.23. The molecular formula is C24H25N5OS. The van der Waals surface area contributed by atoms with E-state index in [1.807, 2.05) is 51.1 Å². The summed E-state index contributed by atoms with van der Waals surface area (Å²) in [6.45, 7) is 12.1. The van der Waals surface area contributed by atoms with Gasteiger partial charge in [-0.3, -0.25) is 4.79 Å². The summed E-state index contributed by atoms with van der Waals surface area (Å²) in [6, 6.07) is 9.53. The zero-order valence-electron chi connectivity index (χ0n) is 18.6. The highest BCUT2D eigenvalue weighted by atomic mass is 32.1. The van der Waals surface area contributed by atoms with Crippen LogP contribution >= 0.6 is 11.3 Å². The minimum Gasteiger partial charge on any atom is -0.321 e. The van der Waals surface area contributed by atoms with Gasteiger partial charge >= 0.3 is 0 Å². The van der Waals surface area contributed by atoms with Gasteiger partial charge < -0.3 is 5.32 Å². The van der Waals surface area contributed by atoms with Gasteiger partial charge in [-0.05, 0) is 44.5 Å². The zero-order chi connectivity index (χ0) is 22.3. The van der Waals surface area contributed by atoms with E-state index in [2.05, 4.69) is 36.1 Å². The molecule has 3 heterocycles. The molecule has 158 valence electrons. The maximum atomic E-state index is 13.1. The molecule has 4 rings (SSSR count). The molecule has 1 amide bonds. The Morgan fingerprint density at radius 3 is 2.52 bits per heavy atom. The Labute approximate surface area is 185 Å². The number of hydrogen-bond acceptors (Lipinski definition) is 6. The normalized spacial score (nSPS) is 11.7. The SMILES string of the molecule is Cc1nccc(-c2cccc(NC(=O)c3sc4nc(C(C)(C)C)nc(C)c4c3C)c2)n1. The monoisotopic (exact) mass is 431 g/mol. The molecule has 0 spiro atoms. The van der Waals surface area contributed by atoms with Gasteiger partial charge in [0.05, 0.1) is 16.3 Å². The number of thiophene rings is 1. The Morgan fingerprint density at radius 2 is 1.81 bits per heavy atom. The molecule has 0 fully saturated rings. The van der Waals surface area contributed by atoms with Gasteiger partial charge in [0.25, 0.3) is 5.91 Å². The second-order valence-corrected chi connectivity index (χ2v) is 9.64. The molecular weight excluding hydrogens is 406 g/mol. The number of aryl methyl sites for hydroxylation is 3. The highest BCUT2D eigenvalue weighted by molar-refractivity contribution is 7.20. The number of anilines is 1. The fraction of sp³-hybridized carbons (Fsp3) is 0.292. The lowest BCUT2D eigenvalue weighted by atomic mass is 9.95. The summed E-state index contributed by atoms with van der Waals surface area (Å²) in [4.78, 5) is 32.7. The van der Waals surface area contributed by atoms with Crippen LogP contribution in [-0.4, -0.2) is 25.8 Å². The third-order valence-corrected chi connectivity index (χ3v) is 6.22. The molecule has 7 heteroatoms. The van der Waals surface area contributed by atoms with Crippen LogP contribution in [0.4, 0.5) is 5.69 Å². The first-order chi connectivity index (χ1) is 14.6. The molecule has 1 aromatic carbocycles. The molecule has 1 N–H and O–H groups in total. The van der Waals surface area contributed by atoms with Crippen LogP contribution in [0.15, 0.2) is 36.5 Å². The van der Waals surface area contributed by atoms with E-state index in [0.717, 1.165) is 38.6 Å². The molecule has 6 nitrogen and oxygen atoms in total. The third kappa shape index (κ3) is 4.18. The van der Waals surface area contributed by atoms with Crippen molar-refractivity contribution in [2.45, 2.75) is 47.0 Å². The number of nitrogens with one attached hydrogen (secondary N) is 1. The van der Waals surface area contributed by atoms with Crippen molar-refractivity contribution in [1.82, 2.24) is 19.9 Å². The largest absolute Gasteiger partial charge is 0.321 e. The fourth-order valence-electron chi connectivity index (χ4n) is 3.45. The van der Waals surface area contributed by atoms with E-state index in [1.54, 1.807) is 6.20 Å². The summed E-state index contributed by atoms with van der Waals surface area (Å²) in [6.07, 6.45) is 1.73. The van der Waals surface area contributed by atoms with Gasteiger partial charge in [0.2, 0.25) is 0 Å². The summed E-state index contributed by atoms with van der Waals surface area (Å²) in [5, 5.41) is 4.00. The number of carbonyl (C=O) groups excluding carboxylic acids is 1. The van der Waals surface area contributed by atoms with Gasteiger partial charge in [0.1, 0.15) is 16.5 Å². The number of benzene rings is 1. The van der Waals surface area contributed by atoms with Gasteiger partial charge in [-0.1, -0.05) is 32.9 Å². The first-order valence-electron chi connectivity index (χ1n) is 10.1. The maximum Gasteiger partial charge on any atom is 0.266 e. The number of aromatic nitrogens is 4. The Hall–Kier alpha value is -3.19. The Balaban J connectivity index is 1.67. The Kier molecular flexibility index (Phi) is 5.31. The van der Waals surface area contributed by atoms with Gasteiger partial charge in [-0.25, -0.2) is 19.9 Å². The number of hydrogen-bond donors (Lipinski definition) is 1. The van der Waals surface area contributed by atoms with Crippen molar-refractivity contribution in [3.05, 3.63) is 64.3 Å². The zero-order valence-corrected chi connectivity index (χ0v) is 19.4. The predicted molar refractivity (Wildman–Crippen MR) is 126 cm³/mol. The minimum absolute atomic E-state index is 0.145. The average Bonchev–Trinajstić information content (AvgIpc) is 3.05. The van der Waals surface area contributed by atoms with Gasteiger partial charge in [-0.15, -0.1) is 11.3 Å². The minimum atomic E-state index is -0.154. The van der Waals surface area contributed by atoms with Crippen LogP contribution in [0.1, 0.15) is 53.3 Å². The molecule has 0 aliphatic carbocycles. The smallest absolute Gasteiger partial charge is 0.266 e. The van der Waals surface area contributed by atoms with E-state index in [4.69, 9.17) is 9.97 Å². The van der Waals surface area contributed by atoms with Crippen molar-refractivity contribution < 1.29 is 4.79 Å². The van der Waals surface area contributed by atoms with Gasteiger partial charge in [-0.2, -0.15) is 0 Å². The van der Waals surface area contributed by atoms with E-state index < -0.39 is 0 Å². The summed E-state index contributed by atoms with van der Waals surface area (Å²) in [5.41, 5.74) is 4.13. The molecule has 3 aromatic heterocycles. The summed E-state index contributed by atoms with van der Waals surface area (Å²) in [5.74, 6) is 1.35. The van der Waals surface area contributed by atoms with Crippen molar-refractivity contribution >= 4 is 33.1 Å². The first kappa shape index (κ1) is 21.1. The average molecular weight is 432 g/mol. The van der Waals surface area contributed by atoms with Crippen molar-refractivity contribution in [2.24, 2.45) is 0 Å². The van der Waals surface area contributed by atoms with Crippen LogP contribution in [0, 0.1) is 20.8 Å². The number of carbonyl (C=O) groups is 1. The van der Waals surface area contributed by atoms with E-state index in [-0.39, 0.29) is 11.3 Å². The van der Waals surface area contributed by atoms with Gasteiger partial charge in [0, 0.05) is 28.2 Å². The van der Waals surface area contributed by atoms with Crippen LogP contribution in [0.2, 0.25) is 0 Å². The van der Waals surface area contributed by atoms with Crippen molar-refractivity contribution in [2.75, 3.05) is 5.32 Å². The summed E-state index contributed by atoms with van der Waals surface area (Å²) >= 11 is 1.41. The molecule has 31 heavy (non-hydrogen) atoms. The Morgan fingerprint density at radius 1 is 1.03 bits per heavy atom. The van der Waals surface area contributed by atoms with Crippen LogP contribution in [0.5, 0.6) is 0 Å². The molecule has 0 bridgehead atoms. The lowest BCUT2D eigenvalue weighted by Crippen LogP contribution is -2.16. The number of rotatable bonds is 3. The van der Waals surface area contributed by atoms with Crippen molar-refractivity contribution in [1.29, 1.82) is 0 Å². The van der Waals surface area contributed by atoms with Crippen molar-refractivity contribution in [3.63, 3.8) is 0 Å². The molecule has 0 saturated heterocycles. The molecule has 0 radical (unpaired) electrons. The second-order valence-electron chi connectivity index (χ2n) is 8.64. The summed E-state index contributed by atoms with van der Waals surface area (Å²) < 4.78 is 0.